The number of thiazole rings is 1. The first-order chi connectivity index (χ1) is 11.0. The van der Waals surface area contributed by atoms with E-state index in [2.05, 4.69) is 10.3 Å². The summed E-state index contributed by atoms with van der Waals surface area (Å²) in [6, 6.07) is 9.39. The molecule has 3 rings (SSSR count). The van der Waals surface area contributed by atoms with Crippen LogP contribution in [0.1, 0.15) is 15.9 Å². The molecule has 0 radical (unpaired) electrons. The number of benzene rings is 2. The van der Waals surface area contributed by atoms with Crippen LogP contribution in [0, 0.1) is 17.0 Å². The van der Waals surface area contributed by atoms with Gasteiger partial charge < -0.3 is 0 Å². The molecule has 0 aliphatic heterocycles. The highest BCUT2D eigenvalue weighted by molar-refractivity contribution is 7.22. The number of nitrogens with one attached hydrogen (secondary N) is 1. The topological polar surface area (TPSA) is 85.1 Å². The van der Waals surface area contributed by atoms with E-state index in [1.165, 1.54) is 29.5 Å². The number of nitrogens with zero attached hydrogens (tertiary/aromatic N) is 2. The van der Waals surface area contributed by atoms with Crippen LogP contribution in [0.5, 0.6) is 0 Å². The summed E-state index contributed by atoms with van der Waals surface area (Å²) in [5, 5.41) is 14.6. The average molecular weight is 348 g/mol. The molecule has 2 aromatic carbocycles. The number of hydrogen-bond donors (Lipinski definition) is 1. The third kappa shape index (κ3) is 3.01. The lowest BCUT2D eigenvalue weighted by molar-refractivity contribution is -0.385. The zero-order valence-electron chi connectivity index (χ0n) is 11.9. The van der Waals surface area contributed by atoms with Gasteiger partial charge in [0.25, 0.3) is 11.6 Å². The van der Waals surface area contributed by atoms with E-state index in [-0.39, 0.29) is 11.3 Å². The molecule has 0 saturated heterocycles. The molecule has 23 heavy (non-hydrogen) atoms. The molecule has 1 N–H and O–H groups in total. The molecule has 116 valence electrons. The van der Waals surface area contributed by atoms with Gasteiger partial charge in [-0.1, -0.05) is 35.1 Å². The summed E-state index contributed by atoms with van der Waals surface area (Å²) in [7, 11) is 0. The minimum Gasteiger partial charge on any atom is -0.298 e. The number of hydrogen-bond acceptors (Lipinski definition) is 5. The maximum atomic E-state index is 12.3. The van der Waals surface area contributed by atoms with Crippen LogP contribution in [-0.2, 0) is 0 Å². The smallest absolute Gasteiger partial charge is 0.282 e. The number of nitro groups is 1. The van der Waals surface area contributed by atoms with E-state index < -0.39 is 10.8 Å². The van der Waals surface area contributed by atoms with Crippen molar-refractivity contribution >= 4 is 49.9 Å². The van der Waals surface area contributed by atoms with E-state index in [9.17, 15) is 14.9 Å². The monoisotopic (exact) mass is 347 g/mol. The van der Waals surface area contributed by atoms with Crippen molar-refractivity contribution in [1.29, 1.82) is 0 Å². The van der Waals surface area contributed by atoms with E-state index in [4.69, 9.17) is 11.6 Å². The minimum atomic E-state index is -0.587. The minimum absolute atomic E-state index is 0.00836. The summed E-state index contributed by atoms with van der Waals surface area (Å²) in [6.45, 7) is 1.88. The summed E-state index contributed by atoms with van der Waals surface area (Å²) >= 11 is 7.34. The van der Waals surface area contributed by atoms with Crippen LogP contribution in [0.2, 0.25) is 5.02 Å². The summed E-state index contributed by atoms with van der Waals surface area (Å²) in [5.41, 5.74) is 1.33. The number of rotatable bonds is 3. The number of aryl methyl sites for hydroxylation is 1. The van der Waals surface area contributed by atoms with Crippen LogP contribution < -0.4 is 5.32 Å². The molecule has 0 saturated carbocycles. The van der Waals surface area contributed by atoms with Gasteiger partial charge in [-0.05, 0) is 30.7 Å². The summed E-state index contributed by atoms with van der Waals surface area (Å²) in [5.74, 6) is -0.570. The van der Waals surface area contributed by atoms with Gasteiger partial charge >= 0.3 is 0 Å². The van der Waals surface area contributed by atoms with Crippen molar-refractivity contribution in [2.24, 2.45) is 0 Å². The first kappa shape index (κ1) is 15.4. The predicted octanol–water partition coefficient (Wildman–Crippen LogP) is 4.42. The number of nitro benzene ring substituents is 1. The molecule has 1 aromatic heterocycles. The second kappa shape index (κ2) is 5.94. The second-order valence-electron chi connectivity index (χ2n) is 4.82. The fraction of sp³-hybridized carbons (Fsp3) is 0.0667. The number of anilines is 1. The van der Waals surface area contributed by atoms with Crippen molar-refractivity contribution in [3.63, 3.8) is 0 Å². The zero-order chi connectivity index (χ0) is 16.6. The first-order valence-corrected chi connectivity index (χ1v) is 7.76. The second-order valence-corrected chi connectivity index (χ2v) is 6.25. The number of aromatic nitrogens is 1. The highest BCUT2D eigenvalue weighted by atomic mass is 35.5. The van der Waals surface area contributed by atoms with Crippen LogP contribution in [0.25, 0.3) is 10.2 Å². The summed E-state index contributed by atoms with van der Waals surface area (Å²) in [4.78, 5) is 27.0. The van der Waals surface area contributed by atoms with Crippen LogP contribution in [0.15, 0.2) is 36.4 Å². The molecule has 6 nitrogen and oxygen atoms in total. The number of amides is 1. The largest absolute Gasteiger partial charge is 0.298 e. The van der Waals surface area contributed by atoms with Gasteiger partial charge in [0.15, 0.2) is 5.13 Å². The molecule has 0 aliphatic rings. The van der Waals surface area contributed by atoms with Gasteiger partial charge in [0.05, 0.1) is 15.1 Å². The SMILES string of the molecule is Cc1cc2sc(NC(=O)c3ccccc3[N+](=O)[O-])nc2cc1Cl. The van der Waals surface area contributed by atoms with Crippen molar-refractivity contribution in [1.82, 2.24) is 4.98 Å². The van der Waals surface area contributed by atoms with E-state index in [0.29, 0.717) is 15.7 Å². The van der Waals surface area contributed by atoms with Crippen LogP contribution in [0.4, 0.5) is 10.8 Å². The van der Waals surface area contributed by atoms with Crippen molar-refractivity contribution in [3.8, 4) is 0 Å². The highest BCUT2D eigenvalue weighted by Gasteiger charge is 2.20. The number of halogens is 1. The lowest BCUT2D eigenvalue weighted by Gasteiger charge is -2.02. The third-order valence-electron chi connectivity index (χ3n) is 3.23. The van der Waals surface area contributed by atoms with Gasteiger partial charge in [-0.2, -0.15) is 0 Å². The Bertz CT molecular complexity index is 900. The predicted molar refractivity (Wildman–Crippen MR) is 90.4 cm³/mol. The Morgan fingerprint density at radius 3 is 2.83 bits per heavy atom. The van der Waals surface area contributed by atoms with Crippen LogP contribution >= 0.6 is 22.9 Å². The molecule has 1 amide bonds. The Hall–Kier alpha value is -2.51. The Balaban J connectivity index is 1.93. The maximum absolute atomic E-state index is 12.3. The van der Waals surface area contributed by atoms with E-state index >= 15 is 0 Å². The van der Waals surface area contributed by atoms with Crippen LogP contribution in [0.3, 0.4) is 0 Å². The lowest BCUT2D eigenvalue weighted by atomic mass is 10.1. The lowest BCUT2D eigenvalue weighted by Crippen LogP contribution is -2.13. The van der Waals surface area contributed by atoms with Crippen molar-refractivity contribution < 1.29 is 9.72 Å². The molecule has 0 bridgehead atoms. The summed E-state index contributed by atoms with van der Waals surface area (Å²) in [6.07, 6.45) is 0. The molecule has 8 heteroatoms. The zero-order valence-corrected chi connectivity index (χ0v) is 13.4. The Labute approximate surface area is 139 Å². The Kier molecular flexibility index (Phi) is 3.97. The third-order valence-corrected chi connectivity index (χ3v) is 4.58. The Morgan fingerprint density at radius 1 is 1.35 bits per heavy atom. The highest BCUT2D eigenvalue weighted by Crippen LogP contribution is 2.31. The molecular formula is C15H10ClN3O3S. The normalized spacial score (nSPS) is 10.7. The molecule has 3 aromatic rings. The molecule has 0 fully saturated rings. The maximum Gasteiger partial charge on any atom is 0.282 e. The molecule has 0 unspecified atom stereocenters. The van der Waals surface area contributed by atoms with E-state index in [1.807, 2.05) is 13.0 Å². The number of fused-ring (bicyclic) bond motifs is 1. The fourth-order valence-electron chi connectivity index (χ4n) is 2.09. The quantitative estimate of drug-likeness (QED) is 0.561. The molecule has 1 heterocycles. The van der Waals surface area contributed by atoms with Gasteiger partial charge in [0.2, 0.25) is 0 Å². The van der Waals surface area contributed by atoms with Crippen molar-refractivity contribution in [3.05, 3.63) is 62.7 Å². The van der Waals surface area contributed by atoms with Gasteiger partial charge in [-0.25, -0.2) is 4.98 Å². The fourth-order valence-corrected chi connectivity index (χ4v) is 3.19. The molecular weight excluding hydrogens is 338 g/mol. The average Bonchev–Trinajstić information content (AvgIpc) is 2.88. The number of carbonyl (C=O) groups excluding carboxylic acids is 1. The van der Waals surface area contributed by atoms with Gasteiger partial charge in [0.1, 0.15) is 5.56 Å². The number of para-hydroxylation sites is 1. The molecule has 0 spiro atoms. The first-order valence-electron chi connectivity index (χ1n) is 6.57. The summed E-state index contributed by atoms with van der Waals surface area (Å²) < 4.78 is 0.879. The Morgan fingerprint density at radius 2 is 2.09 bits per heavy atom. The van der Waals surface area contributed by atoms with Gasteiger partial charge in [-0.3, -0.25) is 20.2 Å². The van der Waals surface area contributed by atoms with Gasteiger partial charge in [0, 0.05) is 11.1 Å². The standard InChI is InChI=1S/C15H10ClN3O3S/c1-8-6-13-11(7-10(8)16)17-15(23-13)18-14(20)9-4-2-3-5-12(9)19(21)22/h2-7H,1H3,(H,17,18,20). The van der Waals surface area contributed by atoms with E-state index in [0.717, 1.165) is 10.3 Å². The van der Waals surface area contributed by atoms with Crippen molar-refractivity contribution in [2.75, 3.05) is 5.32 Å². The van der Waals surface area contributed by atoms with Crippen molar-refractivity contribution in [2.45, 2.75) is 6.92 Å². The van der Waals surface area contributed by atoms with E-state index in [1.54, 1.807) is 12.1 Å². The molecule has 0 aliphatic carbocycles. The number of carbonyl (C=O) groups is 1. The van der Waals surface area contributed by atoms with Crippen LogP contribution in [-0.4, -0.2) is 15.8 Å². The van der Waals surface area contributed by atoms with Gasteiger partial charge in [-0.15, -0.1) is 0 Å². The molecule has 0 atom stereocenters.